The summed E-state index contributed by atoms with van der Waals surface area (Å²) in [5, 5.41) is 9.44. The molecule has 1 N–H and O–H groups in total. The number of ether oxygens (including phenoxy) is 2. The summed E-state index contributed by atoms with van der Waals surface area (Å²) in [5.41, 5.74) is 0.0728. The Morgan fingerprint density at radius 1 is 1.37 bits per heavy atom. The van der Waals surface area contributed by atoms with Gasteiger partial charge in [-0.25, -0.2) is 0 Å². The van der Waals surface area contributed by atoms with Crippen molar-refractivity contribution in [1.29, 1.82) is 0 Å². The van der Waals surface area contributed by atoms with Gasteiger partial charge in [0.1, 0.15) is 0 Å². The van der Waals surface area contributed by atoms with Crippen molar-refractivity contribution >= 4 is 0 Å². The molecule has 3 aliphatic rings. The highest BCUT2D eigenvalue weighted by molar-refractivity contribution is 4.94. The lowest BCUT2D eigenvalue weighted by molar-refractivity contribution is -0.0500. The van der Waals surface area contributed by atoms with Crippen LogP contribution in [0.2, 0.25) is 0 Å². The number of β-amino-alcohol motifs (C(OH)–C–C–N with tert-alkyl or cyclic N) is 1. The maximum atomic E-state index is 9.44. The molecule has 2 heterocycles. The molecular weight excluding hydrogens is 242 g/mol. The highest BCUT2D eigenvalue weighted by Gasteiger charge is 2.43. The van der Waals surface area contributed by atoms with E-state index in [1.807, 2.05) is 6.92 Å². The van der Waals surface area contributed by atoms with Crippen molar-refractivity contribution in [2.24, 2.45) is 5.92 Å². The molecular formula is C15H27NO3. The van der Waals surface area contributed by atoms with E-state index in [2.05, 4.69) is 4.90 Å². The van der Waals surface area contributed by atoms with Crippen LogP contribution in [0.1, 0.15) is 39.0 Å². The molecule has 0 aromatic rings. The van der Waals surface area contributed by atoms with Gasteiger partial charge in [0, 0.05) is 32.7 Å². The maximum absolute atomic E-state index is 9.44. The summed E-state index contributed by atoms with van der Waals surface area (Å²) in [6.07, 6.45) is 6.05. The van der Waals surface area contributed by atoms with Crippen LogP contribution in [0.5, 0.6) is 0 Å². The lowest BCUT2D eigenvalue weighted by Gasteiger charge is -2.39. The summed E-state index contributed by atoms with van der Waals surface area (Å²) >= 11 is 0. The number of rotatable bonds is 5. The molecule has 1 saturated carbocycles. The quantitative estimate of drug-likeness (QED) is 0.819. The van der Waals surface area contributed by atoms with Crippen LogP contribution in [0.15, 0.2) is 0 Å². The van der Waals surface area contributed by atoms with Crippen molar-refractivity contribution in [1.82, 2.24) is 4.90 Å². The van der Waals surface area contributed by atoms with Crippen molar-refractivity contribution < 1.29 is 14.6 Å². The third kappa shape index (κ3) is 3.69. The van der Waals surface area contributed by atoms with Crippen LogP contribution in [-0.4, -0.2) is 60.7 Å². The summed E-state index contributed by atoms with van der Waals surface area (Å²) in [6.45, 7) is 6.46. The van der Waals surface area contributed by atoms with Crippen LogP contribution in [0.25, 0.3) is 0 Å². The van der Waals surface area contributed by atoms with E-state index in [4.69, 9.17) is 9.47 Å². The number of piperidine rings is 1. The second-order valence-corrected chi connectivity index (χ2v) is 6.75. The average molecular weight is 269 g/mol. The Bertz CT molecular complexity index is 296. The Morgan fingerprint density at radius 3 is 2.74 bits per heavy atom. The number of nitrogens with zero attached hydrogens (tertiary/aromatic N) is 1. The van der Waals surface area contributed by atoms with E-state index >= 15 is 0 Å². The fourth-order valence-corrected chi connectivity index (χ4v) is 3.33. The monoisotopic (exact) mass is 269 g/mol. The third-order valence-corrected chi connectivity index (χ3v) is 4.73. The Morgan fingerprint density at radius 2 is 2.11 bits per heavy atom. The van der Waals surface area contributed by atoms with Crippen molar-refractivity contribution in [3.8, 4) is 0 Å². The predicted molar refractivity (Wildman–Crippen MR) is 73.1 cm³/mol. The van der Waals surface area contributed by atoms with E-state index < -0.39 is 0 Å². The fraction of sp³-hybridized carbons (Fsp3) is 1.00. The summed E-state index contributed by atoms with van der Waals surface area (Å²) in [6, 6.07) is 0. The van der Waals surface area contributed by atoms with E-state index in [-0.39, 0.29) is 11.7 Å². The van der Waals surface area contributed by atoms with E-state index in [0.717, 1.165) is 58.0 Å². The SMILES string of the molecule is C[C@@H](O)CN1CCC2(CC1)C[C@@H](OCC1CC1)CO2. The normalized spacial score (nSPS) is 32.8. The zero-order valence-electron chi connectivity index (χ0n) is 12.0. The standard InChI is InChI=1S/C15H27NO3/c1-12(17)9-16-6-4-15(5-7-16)8-14(11-19-15)18-10-13-2-3-13/h12-14,17H,2-11H2,1H3/t12-,14-/m1/s1. The molecule has 110 valence electrons. The maximum Gasteiger partial charge on any atom is 0.0836 e. The first kappa shape index (κ1) is 13.8. The van der Waals surface area contributed by atoms with E-state index in [0.29, 0.717) is 6.10 Å². The van der Waals surface area contributed by atoms with Crippen LogP contribution in [-0.2, 0) is 9.47 Å². The Kier molecular flexibility index (Phi) is 4.13. The largest absolute Gasteiger partial charge is 0.392 e. The summed E-state index contributed by atoms with van der Waals surface area (Å²) < 4.78 is 12.1. The van der Waals surface area contributed by atoms with Crippen molar-refractivity contribution in [2.45, 2.75) is 56.8 Å². The van der Waals surface area contributed by atoms with Crippen LogP contribution >= 0.6 is 0 Å². The summed E-state index contributed by atoms with van der Waals surface area (Å²) in [5.74, 6) is 0.837. The number of hydrogen-bond donors (Lipinski definition) is 1. The van der Waals surface area contributed by atoms with Crippen molar-refractivity contribution in [2.75, 3.05) is 32.8 Å². The molecule has 0 unspecified atom stereocenters. The first-order valence-electron chi connectivity index (χ1n) is 7.81. The van der Waals surface area contributed by atoms with Gasteiger partial charge in [-0.05, 0) is 38.5 Å². The molecule has 1 aliphatic carbocycles. The fourth-order valence-electron chi connectivity index (χ4n) is 3.33. The molecule has 3 fully saturated rings. The lowest BCUT2D eigenvalue weighted by Crippen LogP contribution is -2.46. The zero-order valence-corrected chi connectivity index (χ0v) is 12.0. The van der Waals surface area contributed by atoms with Gasteiger partial charge in [-0.2, -0.15) is 0 Å². The summed E-state index contributed by atoms with van der Waals surface area (Å²) in [7, 11) is 0. The molecule has 2 atom stereocenters. The Hall–Kier alpha value is -0.160. The Labute approximate surface area is 116 Å². The number of aliphatic hydroxyl groups excluding tert-OH is 1. The van der Waals surface area contributed by atoms with Gasteiger partial charge in [0.25, 0.3) is 0 Å². The minimum absolute atomic E-state index is 0.0728. The first-order chi connectivity index (χ1) is 9.15. The van der Waals surface area contributed by atoms with Gasteiger partial charge in [-0.1, -0.05) is 0 Å². The van der Waals surface area contributed by atoms with Gasteiger partial charge in [0.05, 0.1) is 24.4 Å². The average Bonchev–Trinajstić information content (AvgIpc) is 3.13. The van der Waals surface area contributed by atoms with Crippen LogP contribution in [0.3, 0.4) is 0 Å². The molecule has 0 bridgehead atoms. The van der Waals surface area contributed by atoms with Crippen LogP contribution < -0.4 is 0 Å². The van der Waals surface area contributed by atoms with Crippen LogP contribution in [0, 0.1) is 5.92 Å². The Balaban J connectivity index is 1.42. The molecule has 19 heavy (non-hydrogen) atoms. The molecule has 4 heteroatoms. The smallest absolute Gasteiger partial charge is 0.0836 e. The topological polar surface area (TPSA) is 41.9 Å². The number of likely N-dealkylation sites (tertiary alicyclic amines) is 1. The molecule has 4 nitrogen and oxygen atoms in total. The van der Waals surface area contributed by atoms with Gasteiger partial charge in [0.15, 0.2) is 0 Å². The molecule has 0 radical (unpaired) electrons. The van der Waals surface area contributed by atoms with Gasteiger partial charge in [0.2, 0.25) is 0 Å². The predicted octanol–water partition coefficient (Wildman–Crippen LogP) is 1.42. The van der Waals surface area contributed by atoms with E-state index in [9.17, 15) is 5.11 Å². The van der Waals surface area contributed by atoms with Crippen molar-refractivity contribution in [3.05, 3.63) is 0 Å². The molecule has 0 aromatic carbocycles. The van der Waals surface area contributed by atoms with Gasteiger partial charge in [-0.15, -0.1) is 0 Å². The molecule has 2 saturated heterocycles. The molecule has 0 aromatic heterocycles. The van der Waals surface area contributed by atoms with Gasteiger partial charge < -0.3 is 19.5 Å². The minimum atomic E-state index is -0.229. The molecule has 0 amide bonds. The molecule has 2 aliphatic heterocycles. The van der Waals surface area contributed by atoms with Gasteiger partial charge in [-0.3, -0.25) is 0 Å². The molecule has 1 spiro atoms. The molecule has 3 rings (SSSR count). The minimum Gasteiger partial charge on any atom is -0.392 e. The summed E-state index contributed by atoms with van der Waals surface area (Å²) in [4.78, 5) is 2.34. The number of hydrogen-bond acceptors (Lipinski definition) is 4. The van der Waals surface area contributed by atoms with E-state index in [1.54, 1.807) is 0 Å². The lowest BCUT2D eigenvalue weighted by atomic mass is 9.88. The van der Waals surface area contributed by atoms with E-state index in [1.165, 1.54) is 12.8 Å². The second-order valence-electron chi connectivity index (χ2n) is 6.75. The van der Waals surface area contributed by atoms with Crippen molar-refractivity contribution in [3.63, 3.8) is 0 Å². The highest BCUT2D eigenvalue weighted by Crippen LogP contribution is 2.38. The third-order valence-electron chi connectivity index (χ3n) is 4.73. The van der Waals surface area contributed by atoms with Crippen LogP contribution in [0.4, 0.5) is 0 Å². The first-order valence-corrected chi connectivity index (χ1v) is 7.81. The zero-order chi connectivity index (χ0) is 13.3. The number of aliphatic hydroxyl groups is 1. The highest BCUT2D eigenvalue weighted by atomic mass is 16.6. The van der Waals surface area contributed by atoms with Gasteiger partial charge >= 0.3 is 0 Å². The second kappa shape index (κ2) is 5.68.